The SMILES string of the molecule is CC(C)(C)CC(=O)[C@@H]1CCCN1c1nc(Nc2cc(C3CC3)[nH]n2)c2cccn2n1. The molecule has 8 nitrogen and oxygen atoms in total. The zero-order valence-electron chi connectivity index (χ0n) is 17.9. The van der Waals surface area contributed by atoms with Gasteiger partial charge in [-0.2, -0.15) is 10.1 Å². The predicted octanol–water partition coefficient (Wildman–Crippen LogP) is 4.05. The molecular weight excluding hydrogens is 378 g/mol. The molecule has 1 atom stereocenters. The van der Waals surface area contributed by atoms with E-state index >= 15 is 0 Å². The zero-order valence-corrected chi connectivity index (χ0v) is 17.9. The van der Waals surface area contributed by atoms with E-state index in [4.69, 9.17) is 10.1 Å². The van der Waals surface area contributed by atoms with Gasteiger partial charge in [0.15, 0.2) is 17.4 Å². The Bertz CT molecular complexity index is 1070. The van der Waals surface area contributed by atoms with Crippen LogP contribution in [0.3, 0.4) is 0 Å². The van der Waals surface area contributed by atoms with Gasteiger partial charge in [-0.3, -0.25) is 9.89 Å². The number of H-pyrrole nitrogens is 1. The Morgan fingerprint density at radius 1 is 1.30 bits per heavy atom. The summed E-state index contributed by atoms with van der Waals surface area (Å²) in [6.07, 6.45) is 6.74. The van der Waals surface area contributed by atoms with Crippen molar-refractivity contribution in [2.75, 3.05) is 16.8 Å². The van der Waals surface area contributed by atoms with E-state index in [9.17, 15) is 4.79 Å². The van der Waals surface area contributed by atoms with Crippen LogP contribution in [-0.2, 0) is 4.79 Å². The zero-order chi connectivity index (χ0) is 20.9. The Morgan fingerprint density at radius 3 is 2.90 bits per heavy atom. The predicted molar refractivity (Wildman–Crippen MR) is 116 cm³/mol. The Kier molecular flexibility index (Phi) is 4.52. The summed E-state index contributed by atoms with van der Waals surface area (Å²) in [5.74, 6) is 2.93. The maximum Gasteiger partial charge on any atom is 0.246 e. The third-order valence-corrected chi connectivity index (χ3v) is 5.83. The number of carbonyl (C=O) groups excluding carboxylic acids is 1. The first-order valence-electron chi connectivity index (χ1n) is 10.8. The second-order valence-electron chi connectivity index (χ2n) is 9.76. The largest absolute Gasteiger partial charge is 0.329 e. The summed E-state index contributed by atoms with van der Waals surface area (Å²) < 4.78 is 1.82. The number of hydrogen-bond acceptors (Lipinski definition) is 6. The summed E-state index contributed by atoms with van der Waals surface area (Å²) >= 11 is 0. The van der Waals surface area contributed by atoms with Crippen molar-refractivity contribution in [2.24, 2.45) is 5.41 Å². The number of nitrogens with one attached hydrogen (secondary N) is 2. The van der Waals surface area contributed by atoms with Gasteiger partial charge in [0.1, 0.15) is 5.52 Å². The van der Waals surface area contributed by atoms with E-state index in [1.807, 2.05) is 22.8 Å². The first-order chi connectivity index (χ1) is 14.4. The summed E-state index contributed by atoms with van der Waals surface area (Å²) in [6, 6.07) is 5.83. The molecule has 3 aromatic rings. The van der Waals surface area contributed by atoms with E-state index in [1.165, 1.54) is 18.5 Å². The van der Waals surface area contributed by atoms with Crippen LogP contribution in [-0.4, -0.2) is 43.2 Å². The molecule has 2 fully saturated rings. The minimum Gasteiger partial charge on any atom is -0.329 e. The molecule has 2 N–H and O–H groups in total. The molecule has 1 aliphatic heterocycles. The number of aromatic amines is 1. The second-order valence-corrected chi connectivity index (χ2v) is 9.76. The van der Waals surface area contributed by atoms with Gasteiger partial charge >= 0.3 is 0 Å². The van der Waals surface area contributed by atoms with Gasteiger partial charge in [-0.05, 0) is 43.2 Å². The topological polar surface area (TPSA) is 91.2 Å². The number of rotatable bonds is 6. The molecular formula is C22H29N7O. The van der Waals surface area contributed by atoms with Crippen molar-refractivity contribution in [2.45, 2.75) is 64.8 Å². The summed E-state index contributed by atoms with van der Waals surface area (Å²) in [6.45, 7) is 7.11. The monoisotopic (exact) mass is 407 g/mol. The van der Waals surface area contributed by atoms with E-state index in [0.29, 0.717) is 24.1 Å². The minimum absolute atomic E-state index is 0.0253. The molecule has 3 aromatic heterocycles. The molecule has 0 radical (unpaired) electrons. The third kappa shape index (κ3) is 3.78. The van der Waals surface area contributed by atoms with Gasteiger partial charge in [0.05, 0.1) is 6.04 Å². The lowest BCUT2D eigenvalue weighted by Gasteiger charge is -2.27. The molecule has 1 saturated carbocycles. The fourth-order valence-electron chi connectivity index (χ4n) is 4.24. The molecule has 1 aliphatic carbocycles. The number of nitrogens with zero attached hydrogens (tertiary/aromatic N) is 5. The molecule has 2 aliphatic rings. The fraction of sp³-hybridized carbons (Fsp3) is 0.545. The number of anilines is 3. The highest BCUT2D eigenvalue weighted by Crippen LogP contribution is 2.40. The number of ketones is 1. The van der Waals surface area contributed by atoms with Crippen molar-refractivity contribution >= 4 is 28.9 Å². The third-order valence-electron chi connectivity index (χ3n) is 5.83. The average Bonchev–Trinajstić information content (AvgIpc) is 3.10. The second kappa shape index (κ2) is 7.11. The van der Waals surface area contributed by atoms with Crippen LogP contribution in [0.25, 0.3) is 5.52 Å². The summed E-state index contributed by atoms with van der Waals surface area (Å²) in [5, 5.41) is 15.6. The summed E-state index contributed by atoms with van der Waals surface area (Å²) in [7, 11) is 0. The van der Waals surface area contributed by atoms with Crippen molar-refractivity contribution in [3.63, 3.8) is 0 Å². The molecule has 4 heterocycles. The first-order valence-corrected chi connectivity index (χ1v) is 10.8. The Balaban J connectivity index is 1.45. The van der Waals surface area contributed by atoms with E-state index in [0.717, 1.165) is 30.7 Å². The quantitative estimate of drug-likeness (QED) is 0.641. The number of Topliss-reactive ketones (excluding diaryl/α,β-unsaturated/α-hetero) is 1. The first kappa shape index (κ1) is 19.1. The maximum absolute atomic E-state index is 13.0. The van der Waals surface area contributed by atoms with Gasteiger partial charge in [-0.25, -0.2) is 4.52 Å². The van der Waals surface area contributed by atoms with Crippen molar-refractivity contribution < 1.29 is 4.79 Å². The highest BCUT2D eigenvalue weighted by molar-refractivity contribution is 5.88. The number of aromatic nitrogens is 5. The van der Waals surface area contributed by atoms with Gasteiger partial charge in [0.25, 0.3) is 0 Å². The van der Waals surface area contributed by atoms with E-state index in [1.54, 1.807) is 0 Å². The van der Waals surface area contributed by atoms with Crippen molar-refractivity contribution in [3.05, 3.63) is 30.1 Å². The van der Waals surface area contributed by atoms with Crippen LogP contribution in [0.1, 0.15) is 64.5 Å². The van der Waals surface area contributed by atoms with Crippen LogP contribution in [0.5, 0.6) is 0 Å². The molecule has 0 bridgehead atoms. The van der Waals surface area contributed by atoms with Crippen LogP contribution in [0.15, 0.2) is 24.4 Å². The van der Waals surface area contributed by atoms with Gasteiger partial charge in [-0.15, -0.1) is 5.10 Å². The maximum atomic E-state index is 13.0. The summed E-state index contributed by atoms with van der Waals surface area (Å²) in [4.78, 5) is 19.9. The van der Waals surface area contributed by atoms with Gasteiger partial charge in [-0.1, -0.05) is 20.8 Å². The van der Waals surface area contributed by atoms with Crippen LogP contribution in [0.2, 0.25) is 0 Å². The molecule has 158 valence electrons. The normalized spacial score (nSPS) is 19.6. The fourth-order valence-corrected chi connectivity index (χ4v) is 4.24. The molecule has 1 saturated heterocycles. The highest BCUT2D eigenvalue weighted by Gasteiger charge is 2.34. The lowest BCUT2D eigenvalue weighted by atomic mass is 9.87. The van der Waals surface area contributed by atoms with Crippen molar-refractivity contribution in [3.8, 4) is 0 Å². The number of hydrogen-bond donors (Lipinski definition) is 2. The molecule has 0 aromatic carbocycles. The Hall–Kier alpha value is -2.90. The molecule has 0 spiro atoms. The van der Waals surface area contributed by atoms with Crippen LogP contribution in [0, 0.1) is 5.41 Å². The lowest BCUT2D eigenvalue weighted by molar-refractivity contribution is -0.121. The molecule has 0 unspecified atom stereocenters. The lowest BCUT2D eigenvalue weighted by Crippen LogP contribution is -2.39. The standard InChI is InChI=1S/C22H29N7O/c1-22(2,3)13-18(30)16-6-4-10-28(16)21-24-20(17-7-5-11-29(17)27-21)23-19-12-15(25-26-19)14-8-9-14/h5,7,11-12,14,16H,4,6,8-10,13H2,1-3H3,(H2,23,24,25,26,27)/t16-/m0/s1. The smallest absolute Gasteiger partial charge is 0.246 e. The minimum atomic E-state index is -0.156. The Morgan fingerprint density at radius 2 is 2.13 bits per heavy atom. The van der Waals surface area contributed by atoms with Gasteiger partial charge in [0, 0.05) is 36.8 Å². The van der Waals surface area contributed by atoms with Crippen LogP contribution >= 0.6 is 0 Å². The van der Waals surface area contributed by atoms with Crippen LogP contribution in [0.4, 0.5) is 17.6 Å². The summed E-state index contributed by atoms with van der Waals surface area (Å²) in [5.41, 5.74) is 2.03. The van der Waals surface area contributed by atoms with Crippen LogP contribution < -0.4 is 10.2 Å². The number of carbonyl (C=O) groups is 1. The van der Waals surface area contributed by atoms with Gasteiger partial charge < -0.3 is 10.2 Å². The van der Waals surface area contributed by atoms with Crippen molar-refractivity contribution in [1.29, 1.82) is 0 Å². The van der Waals surface area contributed by atoms with Crippen molar-refractivity contribution in [1.82, 2.24) is 24.8 Å². The molecule has 0 amide bonds. The molecule has 30 heavy (non-hydrogen) atoms. The van der Waals surface area contributed by atoms with E-state index in [-0.39, 0.29) is 17.2 Å². The Labute approximate surface area is 176 Å². The van der Waals surface area contributed by atoms with E-state index < -0.39 is 0 Å². The highest BCUT2D eigenvalue weighted by atomic mass is 16.1. The van der Waals surface area contributed by atoms with E-state index in [2.05, 4.69) is 47.3 Å². The average molecular weight is 408 g/mol. The molecule has 5 rings (SSSR count). The molecule has 8 heteroatoms. The number of fused-ring (bicyclic) bond motifs is 1. The van der Waals surface area contributed by atoms with Gasteiger partial charge in [0.2, 0.25) is 5.95 Å².